The Morgan fingerprint density at radius 3 is 2.63 bits per heavy atom. The van der Waals surface area contributed by atoms with Crippen LogP contribution in [0.3, 0.4) is 0 Å². The van der Waals surface area contributed by atoms with E-state index in [9.17, 15) is 8.78 Å². The zero-order valence-electron chi connectivity index (χ0n) is 11.0. The Balaban J connectivity index is 2.20. The van der Waals surface area contributed by atoms with E-state index in [-0.39, 0.29) is 0 Å². The topological polar surface area (TPSA) is 30.5 Å². The summed E-state index contributed by atoms with van der Waals surface area (Å²) in [4.78, 5) is 0. The summed E-state index contributed by atoms with van der Waals surface area (Å²) in [5.41, 5.74) is 0.535. The van der Waals surface area contributed by atoms with E-state index >= 15 is 0 Å². The summed E-state index contributed by atoms with van der Waals surface area (Å²) in [7, 11) is 0. The quantitative estimate of drug-likeness (QED) is 0.892. The molecule has 1 aliphatic heterocycles. The van der Waals surface area contributed by atoms with Gasteiger partial charge >= 0.3 is 0 Å². The molecule has 1 aromatic carbocycles. The van der Waals surface area contributed by atoms with Crippen molar-refractivity contribution in [3.05, 3.63) is 23.8 Å². The second-order valence-corrected chi connectivity index (χ2v) is 4.52. The highest BCUT2D eigenvalue weighted by Gasteiger charge is 2.23. The van der Waals surface area contributed by atoms with Crippen LogP contribution in [0.1, 0.15) is 31.4 Å². The minimum absolute atomic E-state index is 0.535. The van der Waals surface area contributed by atoms with E-state index in [1.54, 1.807) is 18.2 Å². The van der Waals surface area contributed by atoms with Gasteiger partial charge in [0.15, 0.2) is 11.5 Å². The average Bonchev–Trinajstić information content (AvgIpc) is 2.63. The molecule has 0 fully saturated rings. The van der Waals surface area contributed by atoms with E-state index in [0.717, 1.165) is 12.8 Å². The molecule has 106 valence electrons. The first-order valence-corrected chi connectivity index (χ1v) is 6.63. The molecule has 5 heteroatoms. The molecule has 1 heterocycles. The van der Waals surface area contributed by atoms with Crippen LogP contribution in [-0.2, 0) is 0 Å². The minimum atomic E-state index is -2.45. The van der Waals surface area contributed by atoms with Gasteiger partial charge in [0.05, 0.1) is 19.3 Å². The molecular formula is C14H19F2NO2. The molecule has 0 radical (unpaired) electrons. The Hall–Kier alpha value is -1.36. The molecule has 1 atom stereocenters. The summed E-state index contributed by atoms with van der Waals surface area (Å²) in [6.07, 6.45) is -0.833. The normalized spacial score (nSPS) is 16.2. The van der Waals surface area contributed by atoms with Crippen LogP contribution in [0.5, 0.6) is 11.5 Å². The number of nitrogens with one attached hydrogen (secondary N) is 1. The Morgan fingerprint density at radius 2 is 1.95 bits per heavy atom. The number of benzene rings is 1. The van der Waals surface area contributed by atoms with Crippen molar-refractivity contribution in [1.82, 2.24) is 5.32 Å². The maximum absolute atomic E-state index is 13.1. The molecule has 0 aromatic heterocycles. The van der Waals surface area contributed by atoms with Crippen LogP contribution in [0.25, 0.3) is 0 Å². The molecule has 3 nitrogen and oxygen atoms in total. The number of fused-ring (bicyclic) bond motifs is 1. The average molecular weight is 271 g/mol. The van der Waals surface area contributed by atoms with Gasteiger partial charge in [0, 0.05) is 6.42 Å². The lowest BCUT2D eigenvalue weighted by atomic mass is 10.1. The Morgan fingerprint density at radius 1 is 1.21 bits per heavy atom. The lowest BCUT2D eigenvalue weighted by Gasteiger charge is -2.19. The van der Waals surface area contributed by atoms with Crippen molar-refractivity contribution in [2.75, 3.05) is 19.8 Å². The van der Waals surface area contributed by atoms with Gasteiger partial charge in [-0.15, -0.1) is 0 Å². The minimum Gasteiger partial charge on any atom is -0.490 e. The zero-order valence-corrected chi connectivity index (χ0v) is 11.0. The molecule has 1 aromatic rings. The van der Waals surface area contributed by atoms with E-state index in [4.69, 9.17) is 9.47 Å². The molecule has 0 spiro atoms. The predicted octanol–water partition coefficient (Wildman–Crippen LogP) is 3.15. The molecule has 0 saturated heterocycles. The standard InChI is InChI=1S/C14H19F2NO2/c1-2-6-17-13(14(15)16)10-4-5-11-12(9-10)19-8-3-7-18-11/h4-5,9,13-14,17H,2-3,6-8H2,1H3. The smallest absolute Gasteiger partial charge is 0.257 e. The van der Waals surface area contributed by atoms with Crippen molar-refractivity contribution in [3.8, 4) is 11.5 Å². The molecule has 1 unspecified atom stereocenters. The lowest BCUT2D eigenvalue weighted by molar-refractivity contribution is 0.0983. The number of alkyl halides is 2. The van der Waals surface area contributed by atoms with Gasteiger partial charge in [-0.3, -0.25) is 0 Å². The molecule has 0 saturated carbocycles. The fourth-order valence-electron chi connectivity index (χ4n) is 2.03. The van der Waals surface area contributed by atoms with Crippen LogP contribution >= 0.6 is 0 Å². The molecule has 1 N–H and O–H groups in total. The van der Waals surface area contributed by atoms with Crippen LogP contribution in [0, 0.1) is 0 Å². The van der Waals surface area contributed by atoms with E-state index < -0.39 is 12.5 Å². The largest absolute Gasteiger partial charge is 0.490 e. The van der Waals surface area contributed by atoms with E-state index in [1.807, 2.05) is 6.92 Å². The van der Waals surface area contributed by atoms with Gasteiger partial charge in [-0.1, -0.05) is 13.0 Å². The zero-order chi connectivity index (χ0) is 13.7. The van der Waals surface area contributed by atoms with Gasteiger partial charge in [-0.05, 0) is 30.7 Å². The molecule has 0 amide bonds. The van der Waals surface area contributed by atoms with E-state index in [2.05, 4.69) is 5.32 Å². The fraction of sp³-hybridized carbons (Fsp3) is 0.571. The van der Waals surface area contributed by atoms with Crippen molar-refractivity contribution in [2.45, 2.75) is 32.2 Å². The summed E-state index contributed by atoms with van der Waals surface area (Å²) < 4.78 is 37.2. The maximum atomic E-state index is 13.1. The highest BCUT2D eigenvalue weighted by molar-refractivity contribution is 5.44. The van der Waals surface area contributed by atoms with E-state index in [0.29, 0.717) is 36.8 Å². The first-order valence-electron chi connectivity index (χ1n) is 6.63. The second kappa shape index (κ2) is 6.70. The number of ether oxygens (including phenoxy) is 2. The van der Waals surface area contributed by atoms with Crippen LogP contribution in [-0.4, -0.2) is 26.2 Å². The van der Waals surface area contributed by atoms with Crippen molar-refractivity contribution >= 4 is 0 Å². The third kappa shape index (κ3) is 3.56. The molecule has 19 heavy (non-hydrogen) atoms. The number of hydrogen-bond donors (Lipinski definition) is 1. The summed E-state index contributed by atoms with van der Waals surface area (Å²) in [6, 6.07) is 4.07. The monoisotopic (exact) mass is 271 g/mol. The third-order valence-electron chi connectivity index (χ3n) is 3.00. The van der Waals surface area contributed by atoms with Crippen LogP contribution in [0.2, 0.25) is 0 Å². The summed E-state index contributed by atoms with van der Waals surface area (Å²) in [6.45, 7) is 3.66. The van der Waals surface area contributed by atoms with Crippen LogP contribution < -0.4 is 14.8 Å². The SMILES string of the molecule is CCCNC(c1ccc2c(c1)OCCCO2)C(F)F. The second-order valence-electron chi connectivity index (χ2n) is 4.52. The van der Waals surface area contributed by atoms with Gasteiger partial charge < -0.3 is 14.8 Å². The van der Waals surface area contributed by atoms with E-state index in [1.165, 1.54) is 0 Å². The van der Waals surface area contributed by atoms with Crippen molar-refractivity contribution in [3.63, 3.8) is 0 Å². The first kappa shape index (κ1) is 14.1. The third-order valence-corrected chi connectivity index (χ3v) is 3.00. The van der Waals surface area contributed by atoms with Gasteiger partial charge in [0.25, 0.3) is 6.43 Å². The molecule has 1 aliphatic rings. The van der Waals surface area contributed by atoms with Crippen LogP contribution in [0.4, 0.5) is 8.78 Å². The highest BCUT2D eigenvalue weighted by atomic mass is 19.3. The van der Waals surface area contributed by atoms with Gasteiger partial charge in [0.2, 0.25) is 0 Å². The predicted molar refractivity (Wildman–Crippen MR) is 69.1 cm³/mol. The Bertz CT molecular complexity index is 412. The molecule has 0 bridgehead atoms. The van der Waals surface area contributed by atoms with Crippen molar-refractivity contribution < 1.29 is 18.3 Å². The highest BCUT2D eigenvalue weighted by Crippen LogP contribution is 2.33. The Kier molecular flexibility index (Phi) is 4.96. The molecular weight excluding hydrogens is 252 g/mol. The Labute approximate surface area is 111 Å². The number of hydrogen-bond acceptors (Lipinski definition) is 3. The fourth-order valence-corrected chi connectivity index (χ4v) is 2.03. The molecule has 2 rings (SSSR count). The van der Waals surface area contributed by atoms with Gasteiger partial charge in [-0.25, -0.2) is 8.78 Å². The number of halogens is 2. The summed E-state index contributed by atoms with van der Waals surface area (Å²) >= 11 is 0. The van der Waals surface area contributed by atoms with Crippen molar-refractivity contribution in [2.24, 2.45) is 0 Å². The summed E-state index contributed by atoms with van der Waals surface area (Å²) in [5.74, 6) is 1.18. The summed E-state index contributed by atoms with van der Waals surface area (Å²) in [5, 5.41) is 2.86. The molecule has 0 aliphatic carbocycles. The maximum Gasteiger partial charge on any atom is 0.257 e. The van der Waals surface area contributed by atoms with Gasteiger partial charge in [0.1, 0.15) is 0 Å². The first-order chi connectivity index (χ1) is 9.22. The van der Waals surface area contributed by atoms with Gasteiger partial charge in [-0.2, -0.15) is 0 Å². The lowest BCUT2D eigenvalue weighted by Crippen LogP contribution is -2.28. The number of rotatable bonds is 5. The van der Waals surface area contributed by atoms with Crippen molar-refractivity contribution in [1.29, 1.82) is 0 Å². The van der Waals surface area contributed by atoms with Crippen LogP contribution in [0.15, 0.2) is 18.2 Å².